The van der Waals surface area contributed by atoms with Crippen LogP contribution in [0.3, 0.4) is 0 Å². The predicted octanol–water partition coefficient (Wildman–Crippen LogP) is 2.36. The van der Waals surface area contributed by atoms with Gasteiger partial charge in [0.1, 0.15) is 5.54 Å². The summed E-state index contributed by atoms with van der Waals surface area (Å²) < 4.78 is 0. The van der Waals surface area contributed by atoms with Gasteiger partial charge >= 0.3 is 12.0 Å². The summed E-state index contributed by atoms with van der Waals surface area (Å²) in [7, 11) is 0. The van der Waals surface area contributed by atoms with Gasteiger partial charge in [-0.05, 0) is 39.0 Å². The molecule has 108 valence electrons. The second-order valence-corrected chi connectivity index (χ2v) is 5.97. The minimum atomic E-state index is -1.04. The Labute approximate surface area is 114 Å². The molecular formula is C14H24N2O3. The molecule has 2 amide bonds. The number of urea groups is 1. The van der Waals surface area contributed by atoms with Crippen LogP contribution < -0.4 is 5.32 Å². The molecule has 1 atom stereocenters. The molecule has 1 saturated heterocycles. The normalized spacial score (nSPS) is 29.0. The van der Waals surface area contributed by atoms with Gasteiger partial charge in [0, 0.05) is 12.6 Å². The van der Waals surface area contributed by atoms with Crippen molar-refractivity contribution in [1.29, 1.82) is 0 Å². The number of piperidine rings is 1. The quantitative estimate of drug-likeness (QED) is 0.807. The maximum Gasteiger partial charge on any atom is 0.329 e. The fourth-order valence-electron chi connectivity index (χ4n) is 3.17. The van der Waals surface area contributed by atoms with E-state index >= 15 is 0 Å². The van der Waals surface area contributed by atoms with Crippen LogP contribution in [-0.2, 0) is 4.79 Å². The molecule has 1 unspecified atom stereocenters. The topological polar surface area (TPSA) is 69.6 Å². The summed E-state index contributed by atoms with van der Waals surface area (Å²) in [6.07, 6.45) is 7.88. The van der Waals surface area contributed by atoms with Crippen LogP contribution in [0.4, 0.5) is 4.79 Å². The Kier molecular flexibility index (Phi) is 4.32. The molecule has 0 aromatic heterocycles. The van der Waals surface area contributed by atoms with Gasteiger partial charge in [-0.2, -0.15) is 0 Å². The minimum Gasteiger partial charge on any atom is -0.480 e. The number of nitrogens with one attached hydrogen (secondary N) is 1. The van der Waals surface area contributed by atoms with Crippen molar-refractivity contribution in [3.8, 4) is 0 Å². The Bertz CT molecular complexity index is 353. The van der Waals surface area contributed by atoms with E-state index in [1.807, 2.05) is 0 Å². The first-order valence-corrected chi connectivity index (χ1v) is 7.35. The second-order valence-electron chi connectivity index (χ2n) is 5.97. The van der Waals surface area contributed by atoms with Crippen LogP contribution in [0.15, 0.2) is 0 Å². The fourth-order valence-corrected chi connectivity index (χ4v) is 3.17. The number of hydrogen-bond acceptors (Lipinski definition) is 2. The molecule has 1 saturated carbocycles. The number of amides is 2. The zero-order valence-corrected chi connectivity index (χ0v) is 11.7. The highest BCUT2D eigenvalue weighted by atomic mass is 16.4. The van der Waals surface area contributed by atoms with Crippen molar-refractivity contribution in [2.45, 2.75) is 69.9 Å². The summed E-state index contributed by atoms with van der Waals surface area (Å²) in [5.74, 6) is -0.897. The van der Waals surface area contributed by atoms with E-state index < -0.39 is 11.5 Å². The Balaban J connectivity index is 2.01. The number of carbonyl (C=O) groups excluding carboxylic acids is 1. The van der Waals surface area contributed by atoms with Crippen molar-refractivity contribution in [3.63, 3.8) is 0 Å². The molecule has 1 aliphatic heterocycles. The highest BCUT2D eigenvalue weighted by Crippen LogP contribution is 2.28. The van der Waals surface area contributed by atoms with Gasteiger partial charge in [0.25, 0.3) is 0 Å². The molecule has 5 heteroatoms. The van der Waals surface area contributed by atoms with Gasteiger partial charge in [0.15, 0.2) is 0 Å². The summed E-state index contributed by atoms with van der Waals surface area (Å²) in [6.45, 7) is 2.20. The van der Waals surface area contributed by atoms with E-state index in [4.69, 9.17) is 0 Å². The van der Waals surface area contributed by atoms with Crippen LogP contribution in [0.1, 0.15) is 58.3 Å². The zero-order valence-electron chi connectivity index (χ0n) is 11.7. The molecule has 2 rings (SSSR count). The van der Waals surface area contributed by atoms with Crippen molar-refractivity contribution >= 4 is 12.0 Å². The third-order valence-corrected chi connectivity index (χ3v) is 4.53. The molecule has 0 spiro atoms. The van der Waals surface area contributed by atoms with Gasteiger partial charge < -0.3 is 15.3 Å². The molecule has 5 nitrogen and oxygen atoms in total. The first-order chi connectivity index (χ1) is 9.04. The Morgan fingerprint density at radius 2 is 1.84 bits per heavy atom. The lowest BCUT2D eigenvalue weighted by atomic mass is 9.88. The van der Waals surface area contributed by atoms with Crippen LogP contribution in [-0.4, -0.2) is 40.1 Å². The van der Waals surface area contributed by atoms with Crippen molar-refractivity contribution in [3.05, 3.63) is 0 Å². The van der Waals surface area contributed by atoms with Crippen LogP contribution in [0.2, 0.25) is 0 Å². The van der Waals surface area contributed by atoms with E-state index in [2.05, 4.69) is 5.32 Å². The number of nitrogens with zero attached hydrogens (tertiary/aromatic N) is 1. The number of hydrogen-bond donors (Lipinski definition) is 2. The Morgan fingerprint density at radius 1 is 1.16 bits per heavy atom. The second kappa shape index (κ2) is 5.80. The molecule has 0 aromatic rings. The lowest BCUT2D eigenvalue weighted by Crippen LogP contribution is -2.61. The van der Waals surface area contributed by atoms with E-state index in [0.29, 0.717) is 13.0 Å². The highest BCUT2D eigenvalue weighted by molar-refractivity contribution is 5.86. The summed E-state index contributed by atoms with van der Waals surface area (Å²) in [5.41, 5.74) is -1.04. The van der Waals surface area contributed by atoms with Crippen molar-refractivity contribution in [1.82, 2.24) is 10.2 Å². The summed E-state index contributed by atoms with van der Waals surface area (Å²) >= 11 is 0. The van der Waals surface area contributed by atoms with E-state index in [0.717, 1.165) is 38.5 Å². The molecule has 19 heavy (non-hydrogen) atoms. The third kappa shape index (κ3) is 3.01. The van der Waals surface area contributed by atoms with Gasteiger partial charge in [0.2, 0.25) is 0 Å². The Hall–Kier alpha value is -1.26. The molecule has 2 N–H and O–H groups in total. The van der Waals surface area contributed by atoms with Crippen molar-refractivity contribution in [2.75, 3.05) is 6.54 Å². The van der Waals surface area contributed by atoms with Gasteiger partial charge in [-0.1, -0.05) is 19.3 Å². The number of rotatable bonds is 2. The number of carbonyl (C=O) groups is 2. The SMILES string of the molecule is CC1(C(=O)O)CCCCN1C(=O)NC1CCCCC1. The van der Waals surface area contributed by atoms with Gasteiger partial charge in [0.05, 0.1) is 0 Å². The number of aliphatic carboxylic acids is 1. The van der Waals surface area contributed by atoms with Crippen LogP contribution >= 0.6 is 0 Å². The smallest absolute Gasteiger partial charge is 0.329 e. The monoisotopic (exact) mass is 268 g/mol. The maximum absolute atomic E-state index is 12.3. The average Bonchev–Trinajstić information content (AvgIpc) is 2.40. The van der Waals surface area contributed by atoms with Crippen molar-refractivity contribution in [2.24, 2.45) is 0 Å². The van der Waals surface area contributed by atoms with Gasteiger partial charge in [-0.3, -0.25) is 0 Å². The summed E-state index contributed by atoms with van der Waals surface area (Å²) in [5, 5.41) is 12.4. The van der Waals surface area contributed by atoms with Gasteiger partial charge in [-0.25, -0.2) is 9.59 Å². The maximum atomic E-state index is 12.3. The van der Waals surface area contributed by atoms with Crippen LogP contribution in [0.25, 0.3) is 0 Å². The molecule has 2 aliphatic rings. The molecule has 2 fully saturated rings. The molecule has 1 heterocycles. The number of likely N-dealkylation sites (tertiary alicyclic amines) is 1. The number of carboxylic acid groups (broad SMARTS) is 1. The van der Waals surface area contributed by atoms with E-state index in [1.54, 1.807) is 6.92 Å². The first kappa shape index (κ1) is 14.2. The van der Waals surface area contributed by atoms with Crippen LogP contribution in [0.5, 0.6) is 0 Å². The molecular weight excluding hydrogens is 244 g/mol. The molecule has 0 bridgehead atoms. The third-order valence-electron chi connectivity index (χ3n) is 4.53. The standard InChI is InChI=1S/C14H24N2O3/c1-14(12(17)18)9-5-6-10-16(14)13(19)15-11-7-3-2-4-8-11/h11H,2-10H2,1H3,(H,15,19)(H,17,18). The minimum absolute atomic E-state index is 0.198. The molecule has 0 radical (unpaired) electrons. The average molecular weight is 268 g/mol. The first-order valence-electron chi connectivity index (χ1n) is 7.35. The van der Waals surface area contributed by atoms with Crippen LogP contribution in [0, 0.1) is 0 Å². The van der Waals surface area contributed by atoms with E-state index in [1.165, 1.54) is 11.3 Å². The van der Waals surface area contributed by atoms with E-state index in [9.17, 15) is 14.7 Å². The molecule has 1 aliphatic carbocycles. The Morgan fingerprint density at radius 3 is 2.47 bits per heavy atom. The zero-order chi connectivity index (χ0) is 13.9. The summed E-state index contributed by atoms with van der Waals surface area (Å²) in [4.78, 5) is 25.3. The largest absolute Gasteiger partial charge is 0.480 e. The predicted molar refractivity (Wildman–Crippen MR) is 72.0 cm³/mol. The fraction of sp³-hybridized carbons (Fsp3) is 0.857. The number of carboxylic acids is 1. The van der Waals surface area contributed by atoms with Gasteiger partial charge in [-0.15, -0.1) is 0 Å². The van der Waals surface area contributed by atoms with Crippen molar-refractivity contribution < 1.29 is 14.7 Å². The lowest BCUT2D eigenvalue weighted by Gasteiger charge is -2.42. The highest BCUT2D eigenvalue weighted by Gasteiger charge is 2.44. The summed E-state index contributed by atoms with van der Waals surface area (Å²) in [6, 6.07) is 0.0257. The lowest BCUT2D eigenvalue weighted by molar-refractivity contribution is -0.150. The molecule has 0 aromatic carbocycles. The van der Waals surface area contributed by atoms with E-state index in [-0.39, 0.29) is 12.1 Å².